The Morgan fingerprint density at radius 3 is 2.71 bits per heavy atom. The SMILES string of the molecule is CC(CC(=O)N1CCSCC1c1ccccc1)C1CCNCC1.Cl. The van der Waals surface area contributed by atoms with Crippen LogP contribution in [0.2, 0.25) is 0 Å². The Labute approximate surface area is 156 Å². The molecule has 2 aliphatic heterocycles. The number of hydrogen-bond donors (Lipinski definition) is 1. The van der Waals surface area contributed by atoms with Gasteiger partial charge in [-0.3, -0.25) is 4.79 Å². The first-order valence-corrected chi connectivity index (χ1v) is 10.0. The van der Waals surface area contributed by atoms with Crippen LogP contribution in [0, 0.1) is 11.8 Å². The molecule has 2 aliphatic rings. The molecular formula is C19H29ClN2OS. The minimum atomic E-state index is 0. The second-order valence-electron chi connectivity index (χ2n) is 6.86. The van der Waals surface area contributed by atoms with E-state index >= 15 is 0 Å². The van der Waals surface area contributed by atoms with Crippen LogP contribution in [0.15, 0.2) is 30.3 Å². The Morgan fingerprint density at radius 2 is 2.00 bits per heavy atom. The average molecular weight is 369 g/mol. The zero-order valence-electron chi connectivity index (χ0n) is 14.4. The van der Waals surface area contributed by atoms with E-state index in [2.05, 4.69) is 41.4 Å². The van der Waals surface area contributed by atoms with E-state index < -0.39 is 0 Å². The molecule has 1 N–H and O–H groups in total. The topological polar surface area (TPSA) is 32.3 Å². The number of carbonyl (C=O) groups is 1. The Bertz CT molecular complexity index is 507. The van der Waals surface area contributed by atoms with Gasteiger partial charge in [0, 0.05) is 24.5 Å². The van der Waals surface area contributed by atoms with E-state index in [1.807, 2.05) is 17.8 Å². The summed E-state index contributed by atoms with van der Waals surface area (Å²) < 4.78 is 0. The average Bonchev–Trinajstić information content (AvgIpc) is 2.63. The maximum Gasteiger partial charge on any atom is 0.223 e. The number of nitrogens with zero attached hydrogens (tertiary/aromatic N) is 1. The summed E-state index contributed by atoms with van der Waals surface area (Å²) in [6, 6.07) is 10.8. The van der Waals surface area contributed by atoms with Gasteiger partial charge >= 0.3 is 0 Å². The van der Waals surface area contributed by atoms with Crippen molar-refractivity contribution in [1.29, 1.82) is 0 Å². The molecular weight excluding hydrogens is 340 g/mol. The lowest BCUT2D eigenvalue weighted by Gasteiger charge is -2.37. The van der Waals surface area contributed by atoms with Gasteiger partial charge in [-0.15, -0.1) is 12.4 Å². The minimum Gasteiger partial charge on any atom is -0.334 e. The molecule has 3 rings (SSSR count). The number of nitrogens with one attached hydrogen (secondary N) is 1. The lowest BCUT2D eigenvalue weighted by atomic mass is 9.84. The predicted octanol–water partition coefficient (Wildman–Crippen LogP) is 3.75. The van der Waals surface area contributed by atoms with Crippen molar-refractivity contribution in [2.75, 3.05) is 31.1 Å². The van der Waals surface area contributed by atoms with Crippen molar-refractivity contribution < 1.29 is 4.79 Å². The summed E-state index contributed by atoms with van der Waals surface area (Å²) in [6.07, 6.45) is 3.14. The summed E-state index contributed by atoms with van der Waals surface area (Å²) in [4.78, 5) is 15.1. The fraction of sp³-hybridized carbons (Fsp3) is 0.632. The molecule has 2 heterocycles. The summed E-state index contributed by atoms with van der Waals surface area (Å²) in [5, 5.41) is 3.42. The van der Waals surface area contributed by atoms with Gasteiger partial charge in [-0.25, -0.2) is 0 Å². The Morgan fingerprint density at radius 1 is 1.29 bits per heavy atom. The maximum atomic E-state index is 12.9. The molecule has 0 radical (unpaired) electrons. The number of amides is 1. The summed E-state index contributed by atoms with van der Waals surface area (Å²) in [5.41, 5.74) is 1.28. The molecule has 134 valence electrons. The highest BCUT2D eigenvalue weighted by molar-refractivity contribution is 7.99. The molecule has 5 heteroatoms. The van der Waals surface area contributed by atoms with Gasteiger partial charge in [0.15, 0.2) is 0 Å². The maximum absolute atomic E-state index is 12.9. The molecule has 2 atom stereocenters. The van der Waals surface area contributed by atoms with Gasteiger partial charge in [0.25, 0.3) is 0 Å². The van der Waals surface area contributed by atoms with E-state index in [9.17, 15) is 4.79 Å². The van der Waals surface area contributed by atoms with Crippen LogP contribution in [0.4, 0.5) is 0 Å². The number of carbonyl (C=O) groups excluding carboxylic acids is 1. The van der Waals surface area contributed by atoms with E-state index in [0.29, 0.717) is 24.2 Å². The second-order valence-corrected chi connectivity index (χ2v) is 8.01. The number of halogens is 1. The molecule has 0 spiro atoms. The molecule has 2 saturated heterocycles. The number of rotatable bonds is 4. The van der Waals surface area contributed by atoms with Crippen molar-refractivity contribution >= 4 is 30.1 Å². The molecule has 1 aromatic rings. The van der Waals surface area contributed by atoms with Crippen molar-refractivity contribution in [1.82, 2.24) is 10.2 Å². The van der Waals surface area contributed by atoms with Crippen LogP contribution in [0.5, 0.6) is 0 Å². The van der Waals surface area contributed by atoms with E-state index in [1.54, 1.807) is 0 Å². The summed E-state index contributed by atoms with van der Waals surface area (Å²) in [7, 11) is 0. The summed E-state index contributed by atoms with van der Waals surface area (Å²) in [5.74, 6) is 3.64. The van der Waals surface area contributed by atoms with Crippen LogP contribution in [0.1, 0.15) is 37.8 Å². The highest BCUT2D eigenvalue weighted by Gasteiger charge is 2.30. The normalized spacial score (nSPS) is 23.4. The van der Waals surface area contributed by atoms with Gasteiger partial charge in [0.1, 0.15) is 0 Å². The first-order chi connectivity index (χ1) is 11.3. The zero-order valence-corrected chi connectivity index (χ0v) is 16.1. The van der Waals surface area contributed by atoms with E-state index in [0.717, 1.165) is 31.1 Å². The third-order valence-electron chi connectivity index (χ3n) is 5.32. The quantitative estimate of drug-likeness (QED) is 0.878. The Balaban J connectivity index is 0.00000208. The standard InChI is InChI=1S/C19H28N2OS.ClH/c1-15(16-7-9-20-10-8-16)13-19(22)21-11-12-23-14-18(21)17-5-3-2-4-6-17;/h2-6,15-16,18,20H,7-14H2,1H3;1H. The third-order valence-corrected chi connectivity index (χ3v) is 6.34. The molecule has 3 nitrogen and oxygen atoms in total. The van der Waals surface area contributed by atoms with Gasteiger partial charge in [0.2, 0.25) is 5.91 Å². The van der Waals surface area contributed by atoms with Crippen LogP contribution in [-0.4, -0.2) is 41.9 Å². The van der Waals surface area contributed by atoms with E-state index in [-0.39, 0.29) is 18.4 Å². The number of piperidine rings is 1. The zero-order chi connectivity index (χ0) is 16.1. The van der Waals surface area contributed by atoms with Gasteiger partial charge in [-0.1, -0.05) is 37.3 Å². The molecule has 1 aromatic carbocycles. The monoisotopic (exact) mass is 368 g/mol. The fourth-order valence-electron chi connectivity index (χ4n) is 3.83. The lowest BCUT2D eigenvalue weighted by molar-refractivity contribution is -0.134. The fourth-order valence-corrected chi connectivity index (χ4v) is 4.91. The van der Waals surface area contributed by atoms with Crippen molar-refractivity contribution in [3.05, 3.63) is 35.9 Å². The minimum absolute atomic E-state index is 0. The van der Waals surface area contributed by atoms with Crippen molar-refractivity contribution in [2.45, 2.75) is 32.2 Å². The molecule has 0 bridgehead atoms. The summed E-state index contributed by atoms with van der Waals surface area (Å²) >= 11 is 1.96. The largest absolute Gasteiger partial charge is 0.334 e. The van der Waals surface area contributed by atoms with Crippen LogP contribution in [0.3, 0.4) is 0 Å². The number of hydrogen-bond acceptors (Lipinski definition) is 3. The first-order valence-electron chi connectivity index (χ1n) is 8.88. The first kappa shape index (κ1) is 19.6. The molecule has 0 aromatic heterocycles. The van der Waals surface area contributed by atoms with Crippen LogP contribution >= 0.6 is 24.2 Å². The molecule has 24 heavy (non-hydrogen) atoms. The highest BCUT2D eigenvalue weighted by atomic mass is 35.5. The van der Waals surface area contributed by atoms with Gasteiger partial charge in [0.05, 0.1) is 6.04 Å². The third kappa shape index (κ3) is 4.90. The predicted molar refractivity (Wildman–Crippen MR) is 105 cm³/mol. The van der Waals surface area contributed by atoms with Crippen molar-refractivity contribution in [3.63, 3.8) is 0 Å². The molecule has 0 saturated carbocycles. The number of benzene rings is 1. The molecule has 1 amide bonds. The molecule has 2 fully saturated rings. The lowest BCUT2D eigenvalue weighted by Crippen LogP contribution is -2.42. The molecule has 0 aliphatic carbocycles. The van der Waals surface area contributed by atoms with Crippen molar-refractivity contribution in [2.24, 2.45) is 11.8 Å². The van der Waals surface area contributed by atoms with Gasteiger partial charge < -0.3 is 10.2 Å². The van der Waals surface area contributed by atoms with Gasteiger partial charge in [-0.2, -0.15) is 11.8 Å². The van der Waals surface area contributed by atoms with Crippen molar-refractivity contribution in [3.8, 4) is 0 Å². The second kappa shape index (κ2) is 9.69. The Hall–Kier alpha value is -0.710. The highest BCUT2D eigenvalue weighted by Crippen LogP contribution is 2.32. The van der Waals surface area contributed by atoms with E-state index in [1.165, 1.54) is 18.4 Å². The van der Waals surface area contributed by atoms with E-state index in [4.69, 9.17) is 0 Å². The smallest absolute Gasteiger partial charge is 0.223 e. The summed E-state index contributed by atoms with van der Waals surface area (Å²) in [6.45, 7) is 5.37. The van der Waals surface area contributed by atoms with Gasteiger partial charge in [-0.05, 0) is 43.3 Å². The Kier molecular flexibility index (Phi) is 7.92. The molecule has 2 unspecified atom stereocenters. The van der Waals surface area contributed by atoms with Crippen LogP contribution in [-0.2, 0) is 4.79 Å². The van der Waals surface area contributed by atoms with Crippen LogP contribution < -0.4 is 5.32 Å². The number of thioether (sulfide) groups is 1. The van der Waals surface area contributed by atoms with Crippen LogP contribution in [0.25, 0.3) is 0 Å².